The van der Waals surface area contributed by atoms with Gasteiger partial charge in [0, 0.05) is 12.6 Å². The first-order valence-electron chi connectivity index (χ1n) is 7.90. The first-order valence-corrected chi connectivity index (χ1v) is 7.90. The van der Waals surface area contributed by atoms with E-state index in [4.69, 9.17) is 5.73 Å². The summed E-state index contributed by atoms with van der Waals surface area (Å²) in [5, 5.41) is 0. The minimum absolute atomic E-state index is 0.836. The van der Waals surface area contributed by atoms with Crippen LogP contribution in [0.4, 0.5) is 0 Å². The fourth-order valence-electron chi connectivity index (χ4n) is 2.51. The average molecular weight is 274 g/mol. The number of aromatic nitrogens is 3. The predicted octanol–water partition coefficient (Wildman–Crippen LogP) is 3.58. The van der Waals surface area contributed by atoms with Gasteiger partial charge in [-0.1, -0.05) is 38.5 Å². The van der Waals surface area contributed by atoms with E-state index in [-0.39, 0.29) is 0 Å². The fourth-order valence-corrected chi connectivity index (χ4v) is 2.51. The summed E-state index contributed by atoms with van der Waals surface area (Å²) >= 11 is 0. The molecular formula is C16H26N4. The Morgan fingerprint density at radius 2 is 1.65 bits per heavy atom. The molecule has 2 aromatic rings. The van der Waals surface area contributed by atoms with Crippen molar-refractivity contribution in [3.05, 3.63) is 24.2 Å². The molecule has 0 aliphatic heterocycles. The first-order chi connectivity index (χ1) is 9.90. The fraction of sp³-hybridized carbons (Fsp3) is 0.625. The summed E-state index contributed by atoms with van der Waals surface area (Å²) in [4.78, 5) is 12.1. The molecule has 0 aliphatic rings. The van der Waals surface area contributed by atoms with Crippen LogP contribution in [-0.2, 0) is 6.42 Å². The maximum absolute atomic E-state index is 5.48. The van der Waals surface area contributed by atoms with E-state index < -0.39 is 0 Å². The van der Waals surface area contributed by atoms with E-state index in [1.54, 1.807) is 6.20 Å². The molecule has 0 amide bonds. The molecule has 0 atom stereocenters. The Labute approximate surface area is 121 Å². The summed E-state index contributed by atoms with van der Waals surface area (Å²) in [6.07, 6.45) is 13.2. The highest BCUT2D eigenvalue weighted by atomic mass is 15.0. The Hall–Kier alpha value is -1.42. The third kappa shape index (κ3) is 4.93. The molecule has 0 radical (unpaired) electrons. The van der Waals surface area contributed by atoms with Gasteiger partial charge < -0.3 is 10.7 Å². The van der Waals surface area contributed by atoms with Gasteiger partial charge in [-0.05, 0) is 31.5 Å². The van der Waals surface area contributed by atoms with Gasteiger partial charge in [-0.25, -0.2) is 9.97 Å². The number of nitrogens with one attached hydrogen (secondary N) is 1. The molecule has 0 bridgehead atoms. The second-order valence-electron chi connectivity index (χ2n) is 5.43. The highest BCUT2D eigenvalue weighted by Gasteiger charge is 2.02. The van der Waals surface area contributed by atoms with Crippen LogP contribution in [0.3, 0.4) is 0 Å². The number of aromatic amines is 1. The molecule has 4 heteroatoms. The van der Waals surface area contributed by atoms with Gasteiger partial charge in [-0.3, -0.25) is 0 Å². The predicted molar refractivity (Wildman–Crippen MR) is 83.6 cm³/mol. The smallest absolute Gasteiger partial charge is 0.177 e. The van der Waals surface area contributed by atoms with E-state index >= 15 is 0 Å². The summed E-state index contributed by atoms with van der Waals surface area (Å²) in [7, 11) is 0. The molecule has 2 aromatic heterocycles. The van der Waals surface area contributed by atoms with Gasteiger partial charge in [0.05, 0.1) is 5.52 Å². The Kier molecular flexibility index (Phi) is 6.51. The van der Waals surface area contributed by atoms with Crippen molar-refractivity contribution in [2.24, 2.45) is 5.73 Å². The lowest BCUT2D eigenvalue weighted by atomic mass is 10.1. The lowest BCUT2D eigenvalue weighted by Gasteiger charge is -2.01. The summed E-state index contributed by atoms with van der Waals surface area (Å²) < 4.78 is 0. The summed E-state index contributed by atoms with van der Waals surface area (Å²) in [6.45, 7) is 0.840. The summed E-state index contributed by atoms with van der Waals surface area (Å²) in [5.41, 5.74) is 7.36. The molecule has 3 N–H and O–H groups in total. The third-order valence-electron chi connectivity index (χ3n) is 3.67. The molecule has 2 rings (SSSR count). The van der Waals surface area contributed by atoms with Crippen LogP contribution in [0.25, 0.3) is 11.2 Å². The van der Waals surface area contributed by atoms with Gasteiger partial charge in [0.1, 0.15) is 5.82 Å². The molecule has 0 aliphatic carbocycles. The Morgan fingerprint density at radius 3 is 2.35 bits per heavy atom. The monoisotopic (exact) mass is 274 g/mol. The van der Waals surface area contributed by atoms with Crippen LogP contribution in [0.1, 0.15) is 57.2 Å². The molecule has 4 nitrogen and oxygen atoms in total. The van der Waals surface area contributed by atoms with Crippen molar-refractivity contribution in [3.8, 4) is 0 Å². The number of unbranched alkanes of at least 4 members (excludes halogenated alkanes) is 7. The zero-order chi connectivity index (χ0) is 14.0. The van der Waals surface area contributed by atoms with Gasteiger partial charge in [0.25, 0.3) is 0 Å². The molecule has 0 fully saturated rings. The van der Waals surface area contributed by atoms with Crippen LogP contribution in [0, 0.1) is 0 Å². The van der Waals surface area contributed by atoms with Crippen LogP contribution < -0.4 is 5.73 Å². The number of pyridine rings is 1. The highest BCUT2D eigenvalue weighted by Crippen LogP contribution is 2.12. The molecule has 0 unspecified atom stereocenters. The summed E-state index contributed by atoms with van der Waals surface area (Å²) in [6, 6.07) is 3.97. The summed E-state index contributed by atoms with van der Waals surface area (Å²) in [5.74, 6) is 1.07. The zero-order valence-electron chi connectivity index (χ0n) is 12.3. The first kappa shape index (κ1) is 15.0. The second kappa shape index (κ2) is 8.69. The molecular weight excluding hydrogens is 248 g/mol. The van der Waals surface area contributed by atoms with Gasteiger partial charge >= 0.3 is 0 Å². The number of hydrogen-bond acceptors (Lipinski definition) is 3. The molecule has 110 valence electrons. The van der Waals surface area contributed by atoms with Crippen molar-refractivity contribution < 1.29 is 0 Å². The van der Waals surface area contributed by atoms with Crippen LogP contribution in [0.5, 0.6) is 0 Å². The number of imidazole rings is 1. The van der Waals surface area contributed by atoms with E-state index in [2.05, 4.69) is 15.0 Å². The van der Waals surface area contributed by atoms with E-state index in [0.29, 0.717) is 0 Å². The number of aryl methyl sites for hydroxylation is 1. The van der Waals surface area contributed by atoms with Gasteiger partial charge in [-0.15, -0.1) is 0 Å². The number of fused-ring (bicyclic) bond motifs is 1. The number of rotatable bonds is 10. The number of nitrogens with two attached hydrogens (primary N) is 1. The number of nitrogens with zero attached hydrogens (tertiary/aromatic N) is 2. The van der Waals surface area contributed by atoms with Crippen LogP contribution in [0.15, 0.2) is 18.3 Å². The van der Waals surface area contributed by atoms with E-state index in [1.165, 1.54) is 51.4 Å². The topological polar surface area (TPSA) is 67.6 Å². The van der Waals surface area contributed by atoms with Crippen molar-refractivity contribution in [2.75, 3.05) is 6.54 Å². The second-order valence-corrected chi connectivity index (χ2v) is 5.43. The zero-order valence-corrected chi connectivity index (χ0v) is 12.3. The van der Waals surface area contributed by atoms with E-state index in [9.17, 15) is 0 Å². The van der Waals surface area contributed by atoms with Crippen molar-refractivity contribution in [2.45, 2.75) is 57.8 Å². The van der Waals surface area contributed by atoms with Gasteiger partial charge in [0.15, 0.2) is 5.65 Å². The Balaban J connectivity index is 1.55. The molecule has 0 saturated heterocycles. The van der Waals surface area contributed by atoms with E-state index in [0.717, 1.165) is 30.0 Å². The number of hydrogen-bond donors (Lipinski definition) is 2. The lowest BCUT2D eigenvalue weighted by molar-refractivity contribution is 0.567. The standard InChI is InChI=1S/C16H26N4/c17-12-8-6-4-2-1-3-5-7-11-15-19-14-10-9-13-18-16(14)20-15/h9-10,13H,1-8,11-12,17H2,(H,18,19,20). The minimum Gasteiger partial charge on any atom is -0.341 e. The quantitative estimate of drug-likeness (QED) is 0.651. The van der Waals surface area contributed by atoms with Crippen molar-refractivity contribution >= 4 is 11.2 Å². The van der Waals surface area contributed by atoms with Gasteiger partial charge in [0.2, 0.25) is 0 Å². The largest absolute Gasteiger partial charge is 0.341 e. The molecule has 20 heavy (non-hydrogen) atoms. The van der Waals surface area contributed by atoms with Crippen LogP contribution in [-0.4, -0.2) is 21.5 Å². The van der Waals surface area contributed by atoms with Crippen LogP contribution in [0.2, 0.25) is 0 Å². The minimum atomic E-state index is 0.836. The van der Waals surface area contributed by atoms with Crippen molar-refractivity contribution in [1.29, 1.82) is 0 Å². The maximum atomic E-state index is 5.48. The third-order valence-corrected chi connectivity index (χ3v) is 3.67. The molecule has 0 aromatic carbocycles. The Bertz CT molecular complexity index is 459. The maximum Gasteiger partial charge on any atom is 0.177 e. The SMILES string of the molecule is NCCCCCCCCCCc1nc2ncccc2[nH]1. The van der Waals surface area contributed by atoms with E-state index in [1.807, 2.05) is 12.1 Å². The molecule has 0 saturated carbocycles. The average Bonchev–Trinajstić information content (AvgIpc) is 2.88. The highest BCUT2D eigenvalue weighted by molar-refractivity contribution is 5.69. The Morgan fingerprint density at radius 1 is 0.950 bits per heavy atom. The van der Waals surface area contributed by atoms with Gasteiger partial charge in [-0.2, -0.15) is 0 Å². The molecule has 0 spiro atoms. The van der Waals surface area contributed by atoms with Crippen LogP contribution >= 0.6 is 0 Å². The lowest BCUT2D eigenvalue weighted by Crippen LogP contribution is -1.97. The van der Waals surface area contributed by atoms with Crippen molar-refractivity contribution in [3.63, 3.8) is 0 Å². The molecule has 2 heterocycles. The normalized spacial score (nSPS) is 11.2. The van der Waals surface area contributed by atoms with Crippen molar-refractivity contribution in [1.82, 2.24) is 15.0 Å². The number of H-pyrrole nitrogens is 1.